The third-order valence-corrected chi connectivity index (χ3v) is 5.42. The SMILES string of the molecule is Cc1cc(Oc2c(OC(=O)C(F)(F)F)nc(C)n2Cc2ccc(C#N)cc2)ccc1-c1ccccc1. The van der Waals surface area contributed by atoms with Crippen LogP contribution in [0.1, 0.15) is 22.5 Å². The Kier molecular flexibility index (Phi) is 6.79. The molecule has 0 saturated heterocycles. The molecule has 4 rings (SSSR count). The molecule has 0 atom stereocenters. The highest BCUT2D eigenvalue weighted by Crippen LogP contribution is 2.36. The van der Waals surface area contributed by atoms with Gasteiger partial charge in [-0.1, -0.05) is 48.5 Å². The summed E-state index contributed by atoms with van der Waals surface area (Å²) in [6.07, 6.45) is -5.20. The molecule has 0 bridgehead atoms. The first-order valence-corrected chi connectivity index (χ1v) is 10.8. The van der Waals surface area contributed by atoms with Crippen LogP contribution in [0.15, 0.2) is 72.8 Å². The van der Waals surface area contributed by atoms with Crippen molar-refractivity contribution >= 4 is 5.97 Å². The highest BCUT2D eigenvalue weighted by Gasteiger charge is 2.42. The number of aryl methyl sites for hydroxylation is 2. The number of carbonyl (C=O) groups excluding carboxylic acids is 1. The van der Waals surface area contributed by atoms with Crippen molar-refractivity contribution in [1.82, 2.24) is 9.55 Å². The van der Waals surface area contributed by atoms with E-state index in [4.69, 9.17) is 10.00 Å². The molecule has 1 heterocycles. The van der Waals surface area contributed by atoms with E-state index >= 15 is 0 Å². The van der Waals surface area contributed by atoms with Crippen LogP contribution in [-0.2, 0) is 11.3 Å². The Morgan fingerprint density at radius 1 is 1.03 bits per heavy atom. The molecule has 182 valence electrons. The molecule has 9 heteroatoms. The first-order chi connectivity index (χ1) is 17.2. The molecule has 0 saturated carbocycles. The number of rotatable bonds is 6. The van der Waals surface area contributed by atoms with E-state index in [0.29, 0.717) is 11.3 Å². The molecule has 36 heavy (non-hydrogen) atoms. The van der Waals surface area contributed by atoms with Crippen molar-refractivity contribution in [2.45, 2.75) is 26.6 Å². The van der Waals surface area contributed by atoms with Crippen LogP contribution in [0, 0.1) is 25.2 Å². The molecule has 0 unspecified atom stereocenters. The maximum atomic E-state index is 12.9. The second-order valence-electron chi connectivity index (χ2n) is 8.00. The predicted octanol–water partition coefficient (Wildman–Crippen LogP) is 6.35. The molecular weight excluding hydrogens is 471 g/mol. The van der Waals surface area contributed by atoms with Crippen molar-refractivity contribution in [2.75, 3.05) is 0 Å². The van der Waals surface area contributed by atoms with Gasteiger partial charge in [0, 0.05) is 0 Å². The molecule has 0 amide bonds. The van der Waals surface area contributed by atoms with E-state index in [0.717, 1.165) is 22.3 Å². The Hall–Kier alpha value is -4.58. The normalized spacial score (nSPS) is 11.1. The van der Waals surface area contributed by atoms with Gasteiger partial charge in [-0.15, -0.1) is 0 Å². The first-order valence-electron chi connectivity index (χ1n) is 10.8. The molecule has 6 nitrogen and oxygen atoms in total. The number of ether oxygens (including phenoxy) is 2. The molecular formula is C27H20F3N3O3. The number of imidazole rings is 1. The van der Waals surface area contributed by atoms with Gasteiger partial charge in [-0.25, -0.2) is 4.79 Å². The van der Waals surface area contributed by atoms with E-state index in [1.807, 2.05) is 49.4 Å². The number of alkyl halides is 3. The van der Waals surface area contributed by atoms with Gasteiger partial charge in [0.2, 0.25) is 0 Å². The minimum absolute atomic E-state index is 0.152. The predicted molar refractivity (Wildman–Crippen MR) is 126 cm³/mol. The first kappa shape index (κ1) is 24.5. The number of benzene rings is 3. The third kappa shape index (κ3) is 5.39. The summed E-state index contributed by atoms with van der Waals surface area (Å²) in [6.45, 7) is 3.61. The van der Waals surface area contributed by atoms with Gasteiger partial charge in [0.25, 0.3) is 11.8 Å². The number of hydrogen-bond acceptors (Lipinski definition) is 5. The smallest absolute Gasteiger partial charge is 0.436 e. The van der Waals surface area contributed by atoms with Crippen LogP contribution in [-0.4, -0.2) is 21.7 Å². The number of nitriles is 1. The summed E-state index contributed by atoms with van der Waals surface area (Å²) < 4.78 is 50.7. The van der Waals surface area contributed by atoms with Crippen molar-refractivity contribution in [3.05, 3.63) is 95.3 Å². The quantitative estimate of drug-likeness (QED) is 0.294. The molecule has 0 spiro atoms. The van der Waals surface area contributed by atoms with Crippen LogP contribution in [0.4, 0.5) is 13.2 Å². The fraction of sp³-hybridized carbons (Fsp3) is 0.148. The summed E-state index contributed by atoms with van der Waals surface area (Å²) in [7, 11) is 0. The fourth-order valence-corrected chi connectivity index (χ4v) is 3.63. The maximum Gasteiger partial charge on any atom is 0.491 e. The average molecular weight is 491 g/mol. The lowest BCUT2D eigenvalue weighted by Crippen LogP contribution is -2.28. The van der Waals surface area contributed by atoms with E-state index < -0.39 is 18.0 Å². The van der Waals surface area contributed by atoms with Crippen molar-refractivity contribution in [3.8, 4) is 34.7 Å². The zero-order valence-electron chi connectivity index (χ0n) is 19.3. The van der Waals surface area contributed by atoms with E-state index in [1.54, 1.807) is 43.3 Å². The molecule has 4 aromatic rings. The lowest BCUT2D eigenvalue weighted by Gasteiger charge is -2.14. The van der Waals surface area contributed by atoms with Crippen molar-refractivity contribution in [1.29, 1.82) is 5.26 Å². The lowest BCUT2D eigenvalue weighted by atomic mass is 10.0. The summed E-state index contributed by atoms with van der Waals surface area (Å²) in [5, 5.41) is 9.01. The molecule has 3 aromatic carbocycles. The van der Waals surface area contributed by atoms with Gasteiger partial charge in [0.05, 0.1) is 18.2 Å². The summed E-state index contributed by atoms with van der Waals surface area (Å²) in [5.74, 6) is -2.53. The van der Waals surface area contributed by atoms with Crippen molar-refractivity contribution < 1.29 is 27.4 Å². The largest absolute Gasteiger partial charge is 0.491 e. The molecule has 0 N–H and O–H groups in total. The van der Waals surface area contributed by atoms with Gasteiger partial charge in [-0.3, -0.25) is 4.57 Å². The number of aromatic nitrogens is 2. The van der Waals surface area contributed by atoms with Crippen LogP contribution in [0.25, 0.3) is 11.1 Å². The summed E-state index contributed by atoms with van der Waals surface area (Å²) in [4.78, 5) is 15.6. The third-order valence-electron chi connectivity index (χ3n) is 5.42. The van der Waals surface area contributed by atoms with Crippen LogP contribution < -0.4 is 9.47 Å². The Morgan fingerprint density at radius 3 is 2.33 bits per heavy atom. The van der Waals surface area contributed by atoms with E-state index in [-0.39, 0.29) is 18.2 Å². The highest BCUT2D eigenvalue weighted by molar-refractivity contribution is 5.78. The Bertz CT molecular complexity index is 1440. The monoisotopic (exact) mass is 491 g/mol. The van der Waals surface area contributed by atoms with Gasteiger partial charge < -0.3 is 9.47 Å². The second-order valence-corrected chi connectivity index (χ2v) is 8.00. The molecule has 0 fully saturated rings. The Labute approximate surface area is 205 Å². The molecule has 0 aliphatic heterocycles. The van der Waals surface area contributed by atoms with Gasteiger partial charge in [-0.05, 0) is 60.4 Å². The van der Waals surface area contributed by atoms with Crippen LogP contribution in [0.5, 0.6) is 17.5 Å². The Morgan fingerprint density at radius 2 is 1.72 bits per heavy atom. The Balaban J connectivity index is 1.71. The molecule has 0 radical (unpaired) electrons. The van der Waals surface area contributed by atoms with Gasteiger partial charge in [0.15, 0.2) is 0 Å². The highest BCUT2D eigenvalue weighted by atomic mass is 19.4. The van der Waals surface area contributed by atoms with Crippen LogP contribution in [0.3, 0.4) is 0 Å². The number of esters is 1. The van der Waals surface area contributed by atoms with Crippen LogP contribution >= 0.6 is 0 Å². The molecule has 0 aliphatic carbocycles. The lowest BCUT2D eigenvalue weighted by molar-refractivity contribution is -0.190. The van der Waals surface area contributed by atoms with Crippen LogP contribution in [0.2, 0.25) is 0 Å². The molecule has 1 aromatic heterocycles. The van der Waals surface area contributed by atoms with Gasteiger partial charge >= 0.3 is 12.1 Å². The minimum atomic E-state index is -5.20. The number of carbonyl (C=O) groups is 1. The van der Waals surface area contributed by atoms with Gasteiger partial charge in [-0.2, -0.15) is 23.4 Å². The molecule has 0 aliphatic rings. The van der Waals surface area contributed by atoms with E-state index in [1.165, 1.54) is 4.57 Å². The summed E-state index contributed by atoms with van der Waals surface area (Å²) in [5.41, 5.74) is 4.05. The van der Waals surface area contributed by atoms with E-state index in [2.05, 4.69) is 9.72 Å². The number of halogens is 3. The van der Waals surface area contributed by atoms with Gasteiger partial charge in [0.1, 0.15) is 11.6 Å². The van der Waals surface area contributed by atoms with Crippen molar-refractivity contribution in [2.24, 2.45) is 0 Å². The summed E-state index contributed by atoms with van der Waals surface area (Å²) in [6, 6.07) is 23.6. The van der Waals surface area contributed by atoms with E-state index in [9.17, 15) is 18.0 Å². The second kappa shape index (κ2) is 9.96. The van der Waals surface area contributed by atoms with Crippen molar-refractivity contribution in [3.63, 3.8) is 0 Å². The zero-order valence-corrected chi connectivity index (χ0v) is 19.3. The number of nitrogens with zero attached hydrogens (tertiary/aromatic N) is 3. The summed E-state index contributed by atoms with van der Waals surface area (Å²) >= 11 is 0. The topological polar surface area (TPSA) is 77.1 Å². The minimum Gasteiger partial charge on any atom is -0.436 e. The average Bonchev–Trinajstić information content (AvgIpc) is 3.13. The fourth-order valence-electron chi connectivity index (χ4n) is 3.63. The number of hydrogen-bond donors (Lipinski definition) is 0. The standard InChI is InChI=1S/C27H20F3N3O3/c1-17-14-22(12-13-23(17)21-6-4-3-5-7-21)35-25-24(36-26(34)27(28,29)30)32-18(2)33(25)16-20-10-8-19(15-31)9-11-20/h3-14H,16H2,1-2H3. The zero-order chi connectivity index (χ0) is 25.9. The maximum absolute atomic E-state index is 12.9.